The predicted molar refractivity (Wildman–Crippen MR) is 104 cm³/mol. The number of hydrogen-bond donors (Lipinski definition) is 0. The van der Waals surface area contributed by atoms with E-state index in [-0.39, 0.29) is 5.82 Å². The smallest absolute Gasteiger partial charge is 0.123 e. The minimum atomic E-state index is -0.236. The molecule has 0 spiro atoms. The molecule has 0 aliphatic rings. The topological polar surface area (TPSA) is 17.3 Å². The van der Waals surface area contributed by atoms with E-state index in [0.717, 1.165) is 38.7 Å². The van der Waals surface area contributed by atoms with E-state index < -0.39 is 0 Å². The molecule has 0 fully saturated rings. The zero-order valence-corrected chi connectivity index (χ0v) is 13.9. The molecule has 2 nitrogen and oxygen atoms in total. The zero-order chi connectivity index (χ0) is 17.5. The zero-order valence-electron chi connectivity index (χ0n) is 13.9. The third-order valence-electron chi connectivity index (χ3n) is 4.73. The fourth-order valence-electron chi connectivity index (χ4n) is 3.49. The van der Waals surface area contributed by atoms with Crippen LogP contribution >= 0.6 is 0 Å². The molecule has 0 amide bonds. The van der Waals surface area contributed by atoms with Crippen molar-refractivity contribution in [3.8, 4) is 22.4 Å². The lowest BCUT2D eigenvalue weighted by Crippen LogP contribution is -1.95. The first-order valence-electron chi connectivity index (χ1n) is 8.52. The number of fused-ring (bicyclic) bond motifs is 3. The minimum Gasteiger partial charge on any atom is -0.232 e. The molecule has 2 heterocycles. The molecule has 0 aliphatic carbocycles. The van der Waals surface area contributed by atoms with Crippen LogP contribution in [-0.4, -0.2) is 9.61 Å². The summed E-state index contributed by atoms with van der Waals surface area (Å²) in [4.78, 5) is 0. The molecule has 0 saturated heterocycles. The van der Waals surface area contributed by atoms with E-state index in [1.54, 1.807) is 12.1 Å². The number of halogens is 1. The van der Waals surface area contributed by atoms with Gasteiger partial charge in [0.05, 0.1) is 17.4 Å². The summed E-state index contributed by atoms with van der Waals surface area (Å²) < 4.78 is 15.3. The number of rotatable bonds is 2. The fourth-order valence-corrected chi connectivity index (χ4v) is 3.49. The van der Waals surface area contributed by atoms with E-state index in [2.05, 4.69) is 35.4 Å². The summed E-state index contributed by atoms with van der Waals surface area (Å²) in [5.41, 5.74) is 5.13. The Morgan fingerprint density at radius 1 is 0.731 bits per heavy atom. The maximum atomic E-state index is 13.4. The minimum absolute atomic E-state index is 0.236. The van der Waals surface area contributed by atoms with Gasteiger partial charge in [-0.2, -0.15) is 5.10 Å². The Kier molecular flexibility index (Phi) is 3.32. The van der Waals surface area contributed by atoms with Gasteiger partial charge in [0.1, 0.15) is 5.82 Å². The van der Waals surface area contributed by atoms with Gasteiger partial charge in [0.15, 0.2) is 0 Å². The second kappa shape index (κ2) is 5.81. The van der Waals surface area contributed by atoms with E-state index in [9.17, 15) is 4.39 Å². The molecule has 0 bridgehead atoms. The van der Waals surface area contributed by atoms with Crippen LogP contribution in [0.2, 0.25) is 0 Å². The van der Waals surface area contributed by atoms with Gasteiger partial charge in [0.25, 0.3) is 0 Å². The van der Waals surface area contributed by atoms with Crippen molar-refractivity contribution in [3.63, 3.8) is 0 Å². The van der Waals surface area contributed by atoms with E-state index in [4.69, 9.17) is 0 Å². The van der Waals surface area contributed by atoms with E-state index in [1.165, 1.54) is 12.1 Å². The normalized spacial score (nSPS) is 11.3. The van der Waals surface area contributed by atoms with Gasteiger partial charge in [-0.1, -0.05) is 66.7 Å². The number of benzene rings is 3. The Labute approximate surface area is 150 Å². The van der Waals surface area contributed by atoms with Crippen molar-refractivity contribution in [2.45, 2.75) is 0 Å². The Balaban J connectivity index is 1.90. The summed E-state index contributed by atoms with van der Waals surface area (Å²) in [5.74, 6) is -0.236. The summed E-state index contributed by atoms with van der Waals surface area (Å²) in [6.07, 6.45) is 1.86. The SMILES string of the molecule is Fc1ccc(-c2cnn3c(-c4ccccc4)cc4ccccc4c23)cc1. The summed E-state index contributed by atoms with van der Waals surface area (Å²) in [5, 5.41) is 6.95. The van der Waals surface area contributed by atoms with Crippen LogP contribution in [0.15, 0.2) is 91.1 Å². The standard InChI is InChI=1S/C23H15FN2/c24-19-12-10-16(11-13-19)21-15-25-26-22(17-6-2-1-3-7-17)14-18-8-4-5-9-20(18)23(21)26/h1-15H. The van der Waals surface area contributed by atoms with Crippen molar-refractivity contribution < 1.29 is 4.39 Å². The first kappa shape index (κ1) is 14.8. The summed E-state index contributed by atoms with van der Waals surface area (Å²) >= 11 is 0. The average molecular weight is 338 g/mol. The Hall–Kier alpha value is -3.46. The van der Waals surface area contributed by atoms with E-state index in [0.29, 0.717) is 0 Å². The monoisotopic (exact) mass is 338 g/mol. The lowest BCUT2D eigenvalue weighted by atomic mass is 10.0. The molecule has 5 rings (SSSR count). The molecule has 5 aromatic rings. The maximum absolute atomic E-state index is 13.4. The van der Waals surface area contributed by atoms with Gasteiger partial charge < -0.3 is 0 Å². The Bertz CT molecular complexity index is 1220. The first-order valence-corrected chi connectivity index (χ1v) is 8.52. The van der Waals surface area contributed by atoms with Gasteiger partial charge >= 0.3 is 0 Å². The van der Waals surface area contributed by atoms with E-state index >= 15 is 0 Å². The third kappa shape index (κ3) is 2.29. The van der Waals surface area contributed by atoms with E-state index in [1.807, 2.05) is 41.0 Å². The molecule has 0 saturated carbocycles. The molecule has 0 N–H and O–H groups in total. The number of aromatic nitrogens is 2. The van der Waals surface area contributed by atoms with Gasteiger partial charge in [-0.15, -0.1) is 0 Å². The average Bonchev–Trinajstić information content (AvgIpc) is 3.14. The molecule has 3 aromatic carbocycles. The van der Waals surface area contributed by atoms with Crippen LogP contribution < -0.4 is 0 Å². The molecule has 0 atom stereocenters. The molecule has 3 heteroatoms. The number of pyridine rings is 1. The third-order valence-corrected chi connectivity index (χ3v) is 4.73. The molecular weight excluding hydrogens is 323 g/mol. The first-order chi connectivity index (χ1) is 12.8. The van der Waals surface area contributed by atoms with Crippen molar-refractivity contribution in [2.75, 3.05) is 0 Å². The van der Waals surface area contributed by atoms with Crippen molar-refractivity contribution in [1.82, 2.24) is 9.61 Å². The lowest BCUT2D eigenvalue weighted by molar-refractivity contribution is 0.628. The number of nitrogens with zero attached hydrogens (tertiary/aromatic N) is 2. The molecule has 26 heavy (non-hydrogen) atoms. The molecule has 0 aliphatic heterocycles. The lowest BCUT2D eigenvalue weighted by Gasteiger charge is -2.10. The van der Waals surface area contributed by atoms with Crippen LogP contribution in [0, 0.1) is 5.82 Å². The van der Waals surface area contributed by atoms with Crippen LogP contribution in [0.1, 0.15) is 0 Å². The predicted octanol–water partition coefficient (Wildman–Crippen LogP) is 5.96. The van der Waals surface area contributed by atoms with Crippen LogP contribution in [0.5, 0.6) is 0 Å². The molecule has 0 radical (unpaired) electrons. The van der Waals surface area contributed by atoms with Gasteiger partial charge in [-0.05, 0) is 29.1 Å². The van der Waals surface area contributed by atoms with Gasteiger partial charge in [-0.25, -0.2) is 8.91 Å². The second-order valence-corrected chi connectivity index (χ2v) is 6.31. The summed E-state index contributed by atoms with van der Waals surface area (Å²) in [6, 6.07) is 27.3. The quantitative estimate of drug-likeness (QED) is 0.388. The molecule has 124 valence electrons. The maximum Gasteiger partial charge on any atom is 0.123 e. The summed E-state index contributed by atoms with van der Waals surface area (Å²) in [7, 11) is 0. The van der Waals surface area contributed by atoms with Crippen LogP contribution in [0.3, 0.4) is 0 Å². The van der Waals surface area contributed by atoms with Crippen LogP contribution in [0.25, 0.3) is 38.7 Å². The Morgan fingerprint density at radius 2 is 1.46 bits per heavy atom. The highest BCUT2D eigenvalue weighted by Gasteiger charge is 2.14. The van der Waals surface area contributed by atoms with Crippen molar-refractivity contribution in [3.05, 3.63) is 96.9 Å². The largest absolute Gasteiger partial charge is 0.232 e. The highest BCUT2D eigenvalue weighted by molar-refractivity contribution is 6.04. The highest BCUT2D eigenvalue weighted by Crippen LogP contribution is 2.34. The molecule has 2 aromatic heterocycles. The van der Waals surface area contributed by atoms with Crippen molar-refractivity contribution in [1.29, 1.82) is 0 Å². The van der Waals surface area contributed by atoms with Crippen LogP contribution in [-0.2, 0) is 0 Å². The fraction of sp³-hybridized carbons (Fsp3) is 0. The van der Waals surface area contributed by atoms with Gasteiger partial charge in [-0.3, -0.25) is 0 Å². The molecule has 0 unspecified atom stereocenters. The highest BCUT2D eigenvalue weighted by atomic mass is 19.1. The van der Waals surface area contributed by atoms with Gasteiger partial charge in [0, 0.05) is 16.5 Å². The summed E-state index contributed by atoms with van der Waals surface area (Å²) in [6.45, 7) is 0. The second-order valence-electron chi connectivity index (χ2n) is 6.31. The van der Waals surface area contributed by atoms with Crippen molar-refractivity contribution in [2.24, 2.45) is 0 Å². The number of hydrogen-bond acceptors (Lipinski definition) is 1. The molecular formula is C23H15FN2. The van der Waals surface area contributed by atoms with Crippen LogP contribution in [0.4, 0.5) is 4.39 Å². The van der Waals surface area contributed by atoms with Gasteiger partial charge in [0.2, 0.25) is 0 Å². The van der Waals surface area contributed by atoms with Crippen molar-refractivity contribution >= 4 is 16.3 Å². The Morgan fingerprint density at radius 3 is 2.27 bits per heavy atom.